The number of aromatic nitrogens is 5. The van der Waals surface area contributed by atoms with Gasteiger partial charge < -0.3 is 0 Å². The molecule has 6 heteroatoms. The van der Waals surface area contributed by atoms with E-state index in [1.165, 1.54) is 0 Å². The van der Waals surface area contributed by atoms with Gasteiger partial charge in [0.1, 0.15) is 0 Å². The summed E-state index contributed by atoms with van der Waals surface area (Å²) in [4.78, 5) is 12.0. The van der Waals surface area contributed by atoms with Gasteiger partial charge in [-0.3, -0.25) is 0 Å². The van der Waals surface area contributed by atoms with Gasteiger partial charge in [-0.1, -0.05) is 0 Å². The van der Waals surface area contributed by atoms with Gasteiger partial charge in [-0.15, -0.1) is 5.10 Å². The van der Waals surface area contributed by atoms with E-state index in [-0.39, 0.29) is 5.28 Å². The topological polar surface area (TPSA) is 67.3 Å². The molecule has 0 bridgehead atoms. The van der Waals surface area contributed by atoms with Crippen LogP contribution in [0.4, 0.5) is 0 Å². The Morgan fingerprint density at radius 1 is 1.23 bits per heavy atom. The molecular formula is C7H6ClN5. The number of rotatable bonds is 1. The van der Waals surface area contributed by atoms with Crippen LogP contribution in [0, 0.1) is 6.92 Å². The van der Waals surface area contributed by atoms with E-state index in [1.807, 2.05) is 6.92 Å². The molecule has 0 aliphatic carbocycles. The van der Waals surface area contributed by atoms with E-state index in [4.69, 9.17) is 11.6 Å². The Labute approximate surface area is 79.2 Å². The van der Waals surface area contributed by atoms with Crippen molar-refractivity contribution in [2.24, 2.45) is 0 Å². The molecule has 2 rings (SSSR count). The van der Waals surface area contributed by atoms with Crippen molar-refractivity contribution in [3.63, 3.8) is 0 Å². The lowest BCUT2D eigenvalue weighted by Crippen LogP contribution is -1.90. The zero-order valence-electron chi connectivity index (χ0n) is 6.82. The molecule has 2 heterocycles. The molecule has 2 aromatic rings. The third-order valence-corrected chi connectivity index (χ3v) is 1.61. The Hall–Kier alpha value is -1.49. The number of aryl methyl sites for hydroxylation is 1. The zero-order valence-corrected chi connectivity index (χ0v) is 7.58. The summed E-state index contributed by atoms with van der Waals surface area (Å²) in [5.74, 6) is 0.874. The summed E-state index contributed by atoms with van der Waals surface area (Å²) in [6, 6.07) is 0. The third kappa shape index (κ3) is 1.65. The molecule has 13 heavy (non-hydrogen) atoms. The molecule has 0 amide bonds. The van der Waals surface area contributed by atoms with E-state index >= 15 is 0 Å². The summed E-state index contributed by atoms with van der Waals surface area (Å²) in [5, 5.41) is 6.56. The average molecular weight is 196 g/mol. The van der Waals surface area contributed by atoms with Crippen molar-refractivity contribution in [2.45, 2.75) is 6.92 Å². The maximum atomic E-state index is 5.56. The normalized spacial score (nSPS) is 10.3. The maximum absolute atomic E-state index is 5.56. The van der Waals surface area contributed by atoms with Gasteiger partial charge in [-0.2, -0.15) is 4.98 Å². The van der Waals surface area contributed by atoms with Gasteiger partial charge in [0.15, 0.2) is 5.82 Å². The highest BCUT2D eigenvalue weighted by Gasteiger charge is 2.06. The zero-order chi connectivity index (χ0) is 9.26. The van der Waals surface area contributed by atoms with Crippen molar-refractivity contribution < 1.29 is 0 Å². The van der Waals surface area contributed by atoms with Crippen LogP contribution in [-0.2, 0) is 0 Å². The van der Waals surface area contributed by atoms with Crippen molar-refractivity contribution in [3.8, 4) is 11.6 Å². The van der Waals surface area contributed by atoms with E-state index in [2.05, 4.69) is 25.1 Å². The van der Waals surface area contributed by atoms with Crippen molar-refractivity contribution >= 4 is 11.6 Å². The first-order valence-electron chi connectivity index (χ1n) is 3.62. The Balaban J connectivity index is 2.41. The highest BCUT2D eigenvalue weighted by Crippen LogP contribution is 2.09. The second-order valence-corrected chi connectivity index (χ2v) is 2.89. The average Bonchev–Trinajstić information content (AvgIpc) is 2.53. The van der Waals surface area contributed by atoms with Crippen LogP contribution in [-0.4, -0.2) is 25.1 Å². The largest absolute Gasteiger partial charge is 0.249 e. The quantitative estimate of drug-likeness (QED) is 0.743. The lowest BCUT2D eigenvalue weighted by molar-refractivity contribution is 1.05. The van der Waals surface area contributed by atoms with E-state index in [0.717, 1.165) is 5.56 Å². The molecule has 1 N–H and O–H groups in total. The van der Waals surface area contributed by atoms with Crippen LogP contribution in [0.15, 0.2) is 12.4 Å². The fourth-order valence-electron chi connectivity index (χ4n) is 0.850. The van der Waals surface area contributed by atoms with E-state index in [0.29, 0.717) is 11.6 Å². The molecule has 0 radical (unpaired) electrons. The minimum atomic E-state index is 0.235. The van der Waals surface area contributed by atoms with E-state index < -0.39 is 0 Å². The van der Waals surface area contributed by atoms with Crippen LogP contribution in [0.2, 0.25) is 5.28 Å². The van der Waals surface area contributed by atoms with Gasteiger partial charge in [0.05, 0.1) is 0 Å². The molecule has 0 aromatic carbocycles. The van der Waals surface area contributed by atoms with Crippen molar-refractivity contribution in [1.82, 2.24) is 25.1 Å². The molecule has 0 aliphatic heterocycles. The van der Waals surface area contributed by atoms with Crippen molar-refractivity contribution in [3.05, 3.63) is 23.2 Å². The van der Waals surface area contributed by atoms with Crippen LogP contribution < -0.4 is 0 Å². The molecular weight excluding hydrogens is 190 g/mol. The Kier molecular flexibility index (Phi) is 1.94. The molecule has 0 unspecified atom stereocenters. The Morgan fingerprint density at radius 3 is 2.46 bits per heavy atom. The van der Waals surface area contributed by atoms with Gasteiger partial charge in [0.2, 0.25) is 11.1 Å². The molecule has 66 valence electrons. The van der Waals surface area contributed by atoms with Crippen molar-refractivity contribution in [1.29, 1.82) is 0 Å². The first kappa shape index (κ1) is 8.12. The van der Waals surface area contributed by atoms with Crippen LogP contribution in [0.25, 0.3) is 11.6 Å². The molecule has 5 nitrogen and oxygen atoms in total. The highest BCUT2D eigenvalue weighted by atomic mass is 35.5. The predicted octanol–water partition coefficient (Wildman–Crippen LogP) is 1.22. The number of aromatic amines is 1. The SMILES string of the molecule is Cc1cnc(-c2n[nH]c(Cl)n2)nc1. The highest BCUT2D eigenvalue weighted by molar-refractivity contribution is 6.28. The van der Waals surface area contributed by atoms with Crippen LogP contribution in [0.5, 0.6) is 0 Å². The summed E-state index contributed by atoms with van der Waals surface area (Å²) in [5.41, 5.74) is 0.991. The number of H-pyrrole nitrogens is 1. The van der Waals surface area contributed by atoms with E-state index in [1.54, 1.807) is 12.4 Å². The maximum Gasteiger partial charge on any atom is 0.220 e. The smallest absolute Gasteiger partial charge is 0.220 e. The summed E-state index contributed by atoms with van der Waals surface area (Å²) in [6.07, 6.45) is 3.40. The second-order valence-electron chi connectivity index (χ2n) is 2.53. The summed E-state index contributed by atoms with van der Waals surface area (Å²) < 4.78 is 0. The van der Waals surface area contributed by atoms with Gasteiger partial charge in [-0.05, 0) is 24.1 Å². The Morgan fingerprint density at radius 2 is 1.92 bits per heavy atom. The summed E-state index contributed by atoms with van der Waals surface area (Å²) in [7, 11) is 0. The molecule has 2 aromatic heterocycles. The first-order valence-corrected chi connectivity index (χ1v) is 4.00. The lowest BCUT2D eigenvalue weighted by atomic mass is 10.4. The fraction of sp³-hybridized carbons (Fsp3) is 0.143. The molecule has 0 spiro atoms. The number of nitrogens with zero attached hydrogens (tertiary/aromatic N) is 4. The standard InChI is InChI=1S/C7H6ClN5/c1-4-2-9-5(10-3-4)6-11-7(8)13-12-6/h2-3H,1H3,(H,11,12,13). The minimum Gasteiger partial charge on any atom is -0.249 e. The predicted molar refractivity (Wildman–Crippen MR) is 47.2 cm³/mol. The minimum absolute atomic E-state index is 0.235. The number of hydrogen-bond donors (Lipinski definition) is 1. The molecule has 0 atom stereocenters. The number of nitrogens with one attached hydrogen (secondary N) is 1. The van der Waals surface area contributed by atoms with Crippen LogP contribution >= 0.6 is 11.6 Å². The first-order chi connectivity index (χ1) is 6.25. The van der Waals surface area contributed by atoms with Crippen molar-refractivity contribution in [2.75, 3.05) is 0 Å². The molecule has 0 aliphatic rings. The fourth-order valence-corrected chi connectivity index (χ4v) is 0.972. The van der Waals surface area contributed by atoms with Crippen LogP contribution in [0.3, 0.4) is 0 Å². The van der Waals surface area contributed by atoms with Crippen LogP contribution in [0.1, 0.15) is 5.56 Å². The van der Waals surface area contributed by atoms with Gasteiger partial charge in [0, 0.05) is 12.4 Å². The monoisotopic (exact) mass is 195 g/mol. The number of halogens is 1. The molecule has 0 fully saturated rings. The van der Waals surface area contributed by atoms with Gasteiger partial charge in [0.25, 0.3) is 0 Å². The van der Waals surface area contributed by atoms with Gasteiger partial charge >= 0.3 is 0 Å². The summed E-state index contributed by atoms with van der Waals surface area (Å²) >= 11 is 5.56. The molecule has 0 saturated carbocycles. The van der Waals surface area contributed by atoms with E-state index in [9.17, 15) is 0 Å². The second kappa shape index (κ2) is 3.10. The molecule has 0 saturated heterocycles. The Bertz CT molecular complexity index is 407. The summed E-state index contributed by atoms with van der Waals surface area (Å²) in [6.45, 7) is 1.91. The number of hydrogen-bond acceptors (Lipinski definition) is 4. The lowest BCUT2D eigenvalue weighted by Gasteiger charge is -1.92. The third-order valence-electron chi connectivity index (χ3n) is 1.44. The van der Waals surface area contributed by atoms with Gasteiger partial charge in [-0.25, -0.2) is 15.1 Å².